The lowest BCUT2D eigenvalue weighted by Crippen LogP contribution is -2.30. The van der Waals surface area contributed by atoms with Crippen LogP contribution in [-0.4, -0.2) is 48.9 Å². The summed E-state index contributed by atoms with van der Waals surface area (Å²) in [7, 11) is 5.32. The highest BCUT2D eigenvalue weighted by atomic mass is 32.1. The molecule has 1 aromatic heterocycles. The van der Waals surface area contributed by atoms with E-state index in [-0.39, 0.29) is 6.10 Å². The summed E-state index contributed by atoms with van der Waals surface area (Å²) in [5.74, 6) is 2.02. The monoisotopic (exact) mass is 348 g/mol. The van der Waals surface area contributed by atoms with Gasteiger partial charge in [0.1, 0.15) is 16.5 Å². The molecule has 0 spiro atoms. The predicted molar refractivity (Wildman–Crippen MR) is 95.7 cm³/mol. The smallest absolute Gasteiger partial charge is 0.132 e. The topological polar surface area (TPSA) is 54.8 Å². The summed E-state index contributed by atoms with van der Waals surface area (Å²) in [6.07, 6.45) is 2.11. The van der Waals surface area contributed by atoms with Gasteiger partial charge in [0.25, 0.3) is 0 Å². The summed E-state index contributed by atoms with van der Waals surface area (Å²) in [6, 6.07) is 5.76. The molecular weight excluding hydrogens is 324 g/mol. The second kappa shape index (κ2) is 7.51. The number of hydrogen-bond acceptors (Lipinski definition) is 6. The summed E-state index contributed by atoms with van der Waals surface area (Å²) < 4.78 is 10.7. The van der Waals surface area contributed by atoms with Gasteiger partial charge >= 0.3 is 0 Å². The van der Waals surface area contributed by atoms with Crippen molar-refractivity contribution in [3.05, 3.63) is 29.3 Å². The van der Waals surface area contributed by atoms with E-state index in [0.717, 1.165) is 47.2 Å². The molecule has 5 nitrogen and oxygen atoms in total. The van der Waals surface area contributed by atoms with E-state index in [4.69, 9.17) is 14.5 Å². The summed E-state index contributed by atoms with van der Waals surface area (Å²) in [5.41, 5.74) is 1.98. The van der Waals surface area contributed by atoms with E-state index in [1.54, 1.807) is 25.6 Å². The third-order valence-corrected chi connectivity index (χ3v) is 5.21. The van der Waals surface area contributed by atoms with Crippen LogP contribution in [0.25, 0.3) is 10.6 Å². The van der Waals surface area contributed by atoms with Crippen LogP contribution < -0.4 is 9.47 Å². The van der Waals surface area contributed by atoms with Gasteiger partial charge in [-0.25, -0.2) is 4.98 Å². The molecule has 0 radical (unpaired) electrons. The van der Waals surface area contributed by atoms with Crippen molar-refractivity contribution in [3.63, 3.8) is 0 Å². The average molecular weight is 348 g/mol. The Labute approximate surface area is 146 Å². The minimum absolute atomic E-state index is 0.213. The molecule has 1 aromatic carbocycles. The van der Waals surface area contributed by atoms with Gasteiger partial charge in [-0.1, -0.05) is 0 Å². The molecule has 1 atom stereocenters. The van der Waals surface area contributed by atoms with E-state index >= 15 is 0 Å². The highest BCUT2D eigenvalue weighted by molar-refractivity contribution is 7.13. The number of aliphatic hydroxyl groups is 1. The van der Waals surface area contributed by atoms with Crippen LogP contribution in [0.15, 0.2) is 23.6 Å². The third kappa shape index (κ3) is 4.06. The van der Waals surface area contributed by atoms with Crippen molar-refractivity contribution in [3.8, 4) is 22.1 Å². The zero-order chi connectivity index (χ0) is 17.1. The Bertz CT molecular complexity index is 685. The van der Waals surface area contributed by atoms with Gasteiger partial charge in [-0.3, -0.25) is 4.90 Å². The van der Waals surface area contributed by atoms with Crippen LogP contribution in [0.2, 0.25) is 0 Å². The molecular formula is C18H24N2O3S. The number of methoxy groups -OCH3 is 2. The minimum atomic E-state index is -0.213. The molecule has 0 aliphatic heterocycles. The van der Waals surface area contributed by atoms with E-state index in [0.29, 0.717) is 12.5 Å². The fourth-order valence-corrected chi connectivity index (χ4v) is 3.61. The zero-order valence-corrected chi connectivity index (χ0v) is 15.2. The van der Waals surface area contributed by atoms with Crippen molar-refractivity contribution >= 4 is 11.3 Å². The Balaban J connectivity index is 1.68. The average Bonchev–Trinajstić information content (AvgIpc) is 3.34. The van der Waals surface area contributed by atoms with E-state index < -0.39 is 0 Å². The minimum Gasteiger partial charge on any atom is -0.497 e. The molecule has 1 heterocycles. The number of hydrogen-bond donors (Lipinski definition) is 1. The van der Waals surface area contributed by atoms with Gasteiger partial charge in [-0.05, 0) is 37.9 Å². The van der Waals surface area contributed by atoms with Gasteiger partial charge in [0, 0.05) is 24.5 Å². The van der Waals surface area contributed by atoms with Gasteiger partial charge < -0.3 is 14.6 Å². The highest BCUT2D eigenvalue weighted by Crippen LogP contribution is 2.35. The normalized spacial score (nSPS) is 15.5. The van der Waals surface area contributed by atoms with E-state index in [9.17, 15) is 5.11 Å². The Hall–Kier alpha value is -1.63. The summed E-state index contributed by atoms with van der Waals surface area (Å²) in [5, 5.41) is 13.1. The summed E-state index contributed by atoms with van der Waals surface area (Å²) in [6.45, 7) is 1.43. The second-order valence-electron chi connectivity index (χ2n) is 6.31. The van der Waals surface area contributed by atoms with Gasteiger partial charge in [0.2, 0.25) is 0 Å². The van der Waals surface area contributed by atoms with Crippen LogP contribution in [0.3, 0.4) is 0 Å². The van der Waals surface area contributed by atoms with Crippen molar-refractivity contribution in [2.75, 3.05) is 27.8 Å². The molecule has 1 fully saturated rings. The molecule has 1 N–H and O–H groups in total. The van der Waals surface area contributed by atoms with E-state index in [1.807, 2.05) is 25.2 Å². The van der Waals surface area contributed by atoms with Gasteiger partial charge in [-0.2, -0.15) is 0 Å². The van der Waals surface area contributed by atoms with E-state index in [1.165, 1.54) is 0 Å². The molecule has 3 rings (SSSR count). The van der Waals surface area contributed by atoms with Crippen molar-refractivity contribution in [1.29, 1.82) is 0 Å². The Morgan fingerprint density at radius 1 is 1.33 bits per heavy atom. The molecule has 1 unspecified atom stereocenters. The van der Waals surface area contributed by atoms with Crippen LogP contribution in [0.5, 0.6) is 11.5 Å². The SMILES string of the molecule is COc1ccc(-c2nc(CN(C)CC(O)C3CC3)cs2)c(OC)c1. The first-order chi connectivity index (χ1) is 11.6. The molecule has 1 saturated carbocycles. The summed E-state index contributed by atoms with van der Waals surface area (Å²) in [4.78, 5) is 6.86. The molecule has 0 saturated heterocycles. The number of nitrogens with zero attached hydrogens (tertiary/aromatic N) is 2. The number of likely N-dealkylation sites (N-methyl/N-ethyl adjacent to an activating group) is 1. The lowest BCUT2D eigenvalue weighted by molar-refractivity contribution is 0.104. The van der Waals surface area contributed by atoms with Gasteiger partial charge in [-0.15, -0.1) is 11.3 Å². The van der Waals surface area contributed by atoms with Crippen LogP contribution in [0, 0.1) is 5.92 Å². The van der Waals surface area contributed by atoms with Crippen LogP contribution in [0.1, 0.15) is 18.5 Å². The molecule has 24 heavy (non-hydrogen) atoms. The van der Waals surface area contributed by atoms with Crippen LogP contribution >= 0.6 is 11.3 Å². The molecule has 0 amide bonds. The standard InChI is InChI=1S/C18H24N2O3S/c1-20(10-16(21)12-4-5-12)9-13-11-24-18(19-13)15-7-6-14(22-2)8-17(15)23-3/h6-8,11-12,16,21H,4-5,9-10H2,1-3H3. The van der Waals surface area contributed by atoms with Crippen molar-refractivity contribution in [2.45, 2.75) is 25.5 Å². The van der Waals surface area contributed by atoms with Crippen molar-refractivity contribution in [1.82, 2.24) is 9.88 Å². The van der Waals surface area contributed by atoms with Crippen molar-refractivity contribution in [2.24, 2.45) is 5.92 Å². The molecule has 1 aliphatic carbocycles. The van der Waals surface area contributed by atoms with E-state index in [2.05, 4.69) is 10.3 Å². The molecule has 6 heteroatoms. The lowest BCUT2D eigenvalue weighted by atomic mass is 10.2. The fraction of sp³-hybridized carbons (Fsp3) is 0.500. The predicted octanol–water partition coefficient (Wildman–Crippen LogP) is 3.03. The number of ether oxygens (including phenoxy) is 2. The Kier molecular flexibility index (Phi) is 5.38. The first kappa shape index (κ1) is 17.2. The van der Waals surface area contributed by atoms with Gasteiger partial charge in [0.05, 0.1) is 31.6 Å². The van der Waals surface area contributed by atoms with Crippen molar-refractivity contribution < 1.29 is 14.6 Å². The van der Waals surface area contributed by atoms with Gasteiger partial charge in [0.15, 0.2) is 0 Å². The molecule has 1 aliphatic rings. The maximum absolute atomic E-state index is 10.1. The highest BCUT2D eigenvalue weighted by Gasteiger charge is 2.30. The maximum atomic E-state index is 10.1. The first-order valence-corrected chi connectivity index (χ1v) is 9.02. The lowest BCUT2D eigenvalue weighted by Gasteiger charge is -2.19. The fourth-order valence-electron chi connectivity index (χ4n) is 2.77. The molecule has 2 aromatic rings. The number of aliphatic hydroxyl groups excluding tert-OH is 1. The Morgan fingerprint density at radius 2 is 2.12 bits per heavy atom. The molecule has 130 valence electrons. The summed E-state index contributed by atoms with van der Waals surface area (Å²) >= 11 is 1.60. The number of benzene rings is 1. The largest absolute Gasteiger partial charge is 0.497 e. The molecule has 0 bridgehead atoms. The number of rotatable bonds is 8. The zero-order valence-electron chi connectivity index (χ0n) is 14.4. The number of thiazole rings is 1. The van der Waals surface area contributed by atoms with Crippen LogP contribution in [0.4, 0.5) is 0 Å². The first-order valence-electron chi connectivity index (χ1n) is 8.14. The number of aromatic nitrogens is 1. The maximum Gasteiger partial charge on any atom is 0.132 e. The second-order valence-corrected chi connectivity index (χ2v) is 7.17. The Morgan fingerprint density at radius 3 is 2.79 bits per heavy atom. The third-order valence-electron chi connectivity index (χ3n) is 4.29. The van der Waals surface area contributed by atoms with Crippen LogP contribution in [-0.2, 0) is 6.54 Å². The quantitative estimate of drug-likeness (QED) is 0.795.